The minimum Gasteiger partial charge on any atom is -0.409 e. The number of carbonyl (C=O) groups is 1. The molecule has 0 atom stereocenters. The van der Waals surface area contributed by atoms with Gasteiger partial charge in [0.15, 0.2) is 5.84 Å². The van der Waals surface area contributed by atoms with Gasteiger partial charge < -0.3 is 16.3 Å². The lowest BCUT2D eigenvalue weighted by atomic mass is 9.67. The fraction of sp³-hybridized carbons (Fsp3) is 0.250. The Balaban J connectivity index is 1.86. The maximum absolute atomic E-state index is 12.5. The number of benzene rings is 2. The third-order valence-corrected chi connectivity index (χ3v) is 4.25. The molecule has 0 saturated heterocycles. The molecule has 0 aromatic heterocycles. The molecule has 0 aliphatic heterocycles. The van der Waals surface area contributed by atoms with Crippen LogP contribution in [0, 0.1) is 5.41 Å². The van der Waals surface area contributed by atoms with Crippen molar-refractivity contribution in [3.8, 4) is 0 Å². The second-order valence-electron chi connectivity index (χ2n) is 5.44. The van der Waals surface area contributed by atoms with E-state index in [0.717, 1.165) is 22.9 Å². The maximum atomic E-state index is 12.5. The molecule has 3 rings (SSSR count). The van der Waals surface area contributed by atoms with Crippen molar-refractivity contribution in [2.75, 3.05) is 5.32 Å². The van der Waals surface area contributed by atoms with Crippen LogP contribution in [0.5, 0.6) is 0 Å². The summed E-state index contributed by atoms with van der Waals surface area (Å²) >= 11 is 0. The lowest BCUT2D eigenvalue weighted by Crippen LogP contribution is -2.51. The SMILES string of the molecule is N/C(=N/O)C1(C(=O)Nc2ccc3ccccc3c2)CCC1. The van der Waals surface area contributed by atoms with Gasteiger partial charge in [-0.15, -0.1) is 0 Å². The molecule has 0 radical (unpaired) electrons. The minimum atomic E-state index is -0.861. The molecule has 2 aromatic carbocycles. The molecule has 21 heavy (non-hydrogen) atoms. The largest absolute Gasteiger partial charge is 0.409 e. The summed E-state index contributed by atoms with van der Waals surface area (Å²) in [7, 11) is 0. The average molecular weight is 283 g/mol. The summed E-state index contributed by atoms with van der Waals surface area (Å²) < 4.78 is 0. The van der Waals surface area contributed by atoms with Gasteiger partial charge in [0.25, 0.3) is 0 Å². The monoisotopic (exact) mass is 283 g/mol. The first-order valence-electron chi connectivity index (χ1n) is 6.94. The predicted octanol–water partition coefficient (Wildman–Crippen LogP) is 2.70. The van der Waals surface area contributed by atoms with Crippen LogP contribution >= 0.6 is 0 Å². The third-order valence-electron chi connectivity index (χ3n) is 4.25. The normalized spacial score (nSPS) is 17.2. The molecule has 0 spiro atoms. The maximum Gasteiger partial charge on any atom is 0.238 e. The number of anilines is 1. The molecule has 1 saturated carbocycles. The molecule has 0 heterocycles. The van der Waals surface area contributed by atoms with E-state index in [2.05, 4.69) is 10.5 Å². The van der Waals surface area contributed by atoms with Crippen LogP contribution in [-0.4, -0.2) is 17.0 Å². The van der Waals surface area contributed by atoms with Crippen LogP contribution < -0.4 is 11.1 Å². The van der Waals surface area contributed by atoms with Crippen molar-refractivity contribution >= 4 is 28.2 Å². The molecular formula is C16H17N3O2. The fourth-order valence-electron chi connectivity index (χ4n) is 2.74. The van der Waals surface area contributed by atoms with Crippen molar-refractivity contribution in [3.63, 3.8) is 0 Å². The Bertz CT molecular complexity index is 720. The zero-order chi connectivity index (χ0) is 14.9. The van der Waals surface area contributed by atoms with Crippen molar-refractivity contribution in [2.24, 2.45) is 16.3 Å². The number of oxime groups is 1. The van der Waals surface area contributed by atoms with Crippen LogP contribution in [0.2, 0.25) is 0 Å². The summed E-state index contributed by atoms with van der Waals surface area (Å²) in [5.74, 6) is -0.216. The second kappa shape index (κ2) is 5.09. The lowest BCUT2D eigenvalue weighted by Gasteiger charge is -2.38. The van der Waals surface area contributed by atoms with E-state index in [0.29, 0.717) is 12.8 Å². The summed E-state index contributed by atoms with van der Waals surface area (Å²) in [6.07, 6.45) is 2.13. The van der Waals surface area contributed by atoms with Crippen molar-refractivity contribution in [2.45, 2.75) is 19.3 Å². The summed E-state index contributed by atoms with van der Waals surface area (Å²) in [5, 5.41) is 17.0. The zero-order valence-corrected chi connectivity index (χ0v) is 11.5. The topological polar surface area (TPSA) is 87.7 Å². The van der Waals surface area contributed by atoms with Gasteiger partial charge in [-0.1, -0.05) is 41.9 Å². The van der Waals surface area contributed by atoms with Crippen LogP contribution in [-0.2, 0) is 4.79 Å². The number of nitrogens with one attached hydrogen (secondary N) is 1. The molecule has 4 N–H and O–H groups in total. The molecule has 5 nitrogen and oxygen atoms in total. The van der Waals surface area contributed by atoms with Crippen LogP contribution in [0.1, 0.15) is 19.3 Å². The van der Waals surface area contributed by atoms with E-state index in [1.807, 2.05) is 42.5 Å². The number of hydrogen-bond donors (Lipinski definition) is 3. The van der Waals surface area contributed by atoms with Gasteiger partial charge in [-0.3, -0.25) is 4.79 Å². The lowest BCUT2D eigenvalue weighted by molar-refractivity contribution is -0.125. The smallest absolute Gasteiger partial charge is 0.238 e. The van der Waals surface area contributed by atoms with E-state index < -0.39 is 5.41 Å². The van der Waals surface area contributed by atoms with E-state index >= 15 is 0 Å². The van der Waals surface area contributed by atoms with Gasteiger partial charge >= 0.3 is 0 Å². The highest BCUT2D eigenvalue weighted by Crippen LogP contribution is 2.42. The molecule has 1 aliphatic rings. The molecule has 5 heteroatoms. The van der Waals surface area contributed by atoms with Gasteiger partial charge in [0.05, 0.1) is 0 Å². The minimum absolute atomic E-state index is 0.00737. The number of amidine groups is 1. The first kappa shape index (κ1) is 13.4. The first-order chi connectivity index (χ1) is 10.2. The number of rotatable bonds is 3. The Morgan fingerprint density at radius 3 is 2.52 bits per heavy atom. The molecule has 2 aromatic rings. The van der Waals surface area contributed by atoms with Crippen LogP contribution in [0.4, 0.5) is 5.69 Å². The Morgan fingerprint density at radius 1 is 1.19 bits per heavy atom. The Morgan fingerprint density at radius 2 is 1.90 bits per heavy atom. The van der Waals surface area contributed by atoms with E-state index in [4.69, 9.17) is 10.9 Å². The fourth-order valence-corrected chi connectivity index (χ4v) is 2.74. The van der Waals surface area contributed by atoms with Gasteiger partial charge in [-0.2, -0.15) is 0 Å². The van der Waals surface area contributed by atoms with Crippen LogP contribution in [0.15, 0.2) is 47.6 Å². The van der Waals surface area contributed by atoms with Crippen molar-refractivity contribution in [3.05, 3.63) is 42.5 Å². The number of nitrogens with zero attached hydrogens (tertiary/aromatic N) is 1. The first-order valence-corrected chi connectivity index (χ1v) is 6.94. The van der Waals surface area contributed by atoms with Gasteiger partial charge in [0.1, 0.15) is 5.41 Å². The van der Waals surface area contributed by atoms with E-state index in [1.165, 1.54) is 0 Å². The molecule has 0 bridgehead atoms. The number of hydrogen-bond acceptors (Lipinski definition) is 3. The van der Waals surface area contributed by atoms with Crippen LogP contribution in [0.3, 0.4) is 0 Å². The number of carbonyl (C=O) groups excluding carboxylic acids is 1. The molecule has 1 aliphatic carbocycles. The highest BCUT2D eigenvalue weighted by atomic mass is 16.4. The Labute approximate surface area is 122 Å². The standard InChI is InChI=1S/C16H17N3O2/c17-14(19-21)16(8-3-9-16)15(20)18-13-7-6-11-4-1-2-5-12(11)10-13/h1-2,4-7,10,21H,3,8-9H2,(H2,17,19)(H,18,20). The number of amides is 1. The van der Waals surface area contributed by atoms with Crippen LogP contribution in [0.25, 0.3) is 10.8 Å². The third kappa shape index (κ3) is 2.20. The predicted molar refractivity (Wildman–Crippen MR) is 82.3 cm³/mol. The average Bonchev–Trinajstić information content (AvgIpc) is 2.45. The van der Waals surface area contributed by atoms with E-state index in [1.54, 1.807) is 0 Å². The molecule has 0 unspecified atom stereocenters. The highest BCUT2D eigenvalue weighted by Gasteiger charge is 2.48. The molecule has 1 fully saturated rings. The molecule has 108 valence electrons. The molecule has 1 amide bonds. The Hall–Kier alpha value is -2.56. The quantitative estimate of drug-likeness (QED) is 0.350. The molecular weight excluding hydrogens is 266 g/mol. The van der Waals surface area contributed by atoms with E-state index in [-0.39, 0.29) is 11.7 Å². The Kier molecular flexibility index (Phi) is 3.25. The number of nitrogens with two attached hydrogens (primary N) is 1. The van der Waals surface area contributed by atoms with Crippen molar-refractivity contribution in [1.29, 1.82) is 0 Å². The highest BCUT2D eigenvalue weighted by molar-refractivity contribution is 6.12. The number of fused-ring (bicyclic) bond motifs is 1. The summed E-state index contributed by atoms with van der Waals surface area (Å²) in [5.41, 5.74) is 5.56. The van der Waals surface area contributed by atoms with Crippen molar-refractivity contribution < 1.29 is 10.0 Å². The summed E-state index contributed by atoms with van der Waals surface area (Å²) in [6.45, 7) is 0. The van der Waals surface area contributed by atoms with Crippen molar-refractivity contribution in [1.82, 2.24) is 0 Å². The van der Waals surface area contributed by atoms with Gasteiger partial charge in [0, 0.05) is 5.69 Å². The summed E-state index contributed by atoms with van der Waals surface area (Å²) in [6, 6.07) is 13.7. The van der Waals surface area contributed by atoms with Gasteiger partial charge in [-0.25, -0.2) is 0 Å². The summed E-state index contributed by atoms with van der Waals surface area (Å²) in [4.78, 5) is 12.5. The zero-order valence-electron chi connectivity index (χ0n) is 11.5. The second-order valence-corrected chi connectivity index (χ2v) is 5.44. The van der Waals surface area contributed by atoms with Gasteiger partial charge in [-0.05, 0) is 35.7 Å². The van der Waals surface area contributed by atoms with E-state index in [9.17, 15) is 4.79 Å². The van der Waals surface area contributed by atoms with Gasteiger partial charge in [0.2, 0.25) is 5.91 Å².